The number of hydrogen-bond donors (Lipinski definition) is 0. The van der Waals surface area contributed by atoms with Gasteiger partial charge in [0.05, 0.1) is 13.7 Å². The van der Waals surface area contributed by atoms with E-state index in [1.54, 1.807) is 20.8 Å². The second kappa shape index (κ2) is 9.73. The molecule has 1 amide bonds. The number of pyridine rings is 1. The average Bonchev–Trinajstić information content (AvgIpc) is 3.12. The van der Waals surface area contributed by atoms with Crippen LogP contribution in [0.1, 0.15) is 41.4 Å². The predicted molar refractivity (Wildman–Crippen MR) is 111 cm³/mol. The number of ether oxygens (including phenoxy) is 2. The molecule has 7 nitrogen and oxygen atoms in total. The molecule has 3 rings (SSSR count). The molecular formula is C21H26N2O5S. The first kappa shape index (κ1) is 21.1. The highest BCUT2D eigenvalue weighted by Gasteiger charge is 2.27. The first-order chi connectivity index (χ1) is 14.0. The third-order valence-corrected chi connectivity index (χ3v) is 5.76. The number of carbonyl (C=O) groups is 2. The number of aromatic nitrogens is 1. The van der Waals surface area contributed by atoms with Gasteiger partial charge < -0.3 is 18.9 Å². The maximum absolute atomic E-state index is 12.7. The molecule has 1 aliphatic heterocycles. The van der Waals surface area contributed by atoms with Crippen molar-refractivity contribution in [1.82, 2.24) is 9.47 Å². The van der Waals surface area contributed by atoms with Gasteiger partial charge in [0, 0.05) is 50.7 Å². The van der Waals surface area contributed by atoms with Gasteiger partial charge in [-0.3, -0.25) is 9.59 Å². The Morgan fingerprint density at radius 3 is 2.76 bits per heavy atom. The van der Waals surface area contributed by atoms with Crippen LogP contribution in [0.15, 0.2) is 27.7 Å². The molecule has 29 heavy (non-hydrogen) atoms. The van der Waals surface area contributed by atoms with Crippen LogP contribution in [0, 0.1) is 0 Å². The van der Waals surface area contributed by atoms with E-state index in [2.05, 4.69) is 0 Å². The van der Waals surface area contributed by atoms with Crippen LogP contribution in [0.5, 0.6) is 5.75 Å². The van der Waals surface area contributed by atoms with Gasteiger partial charge in [-0.25, -0.2) is 4.79 Å². The van der Waals surface area contributed by atoms with Crippen molar-refractivity contribution in [1.29, 1.82) is 0 Å². The Morgan fingerprint density at radius 1 is 1.24 bits per heavy atom. The summed E-state index contributed by atoms with van der Waals surface area (Å²) in [5.41, 5.74) is 1.76. The molecule has 0 aromatic carbocycles. The largest absolute Gasteiger partial charge is 0.492 e. The Kier molecular flexibility index (Phi) is 7.09. The average molecular weight is 419 g/mol. The van der Waals surface area contributed by atoms with Crippen LogP contribution in [0.2, 0.25) is 0 Å². The molecule has 0 aliphatic carbocycles. The molecule has 8 heteroatoms. The Hall–Kier alpha value is -2.61. The van der Waals surface area contributed by atoms with Crippen molar-refractivity contribution in [3.63, 3.8) is 0 Å². The van der Waals surface area contributed by atoms with Gasteiger partial charge in [0.25, 0.3) is 5.56 Å². The number of carbonyl (C=O) groups excluding carboxylic acids is 2. The minimum absolute atomic E-state index is 0.0696. The number of hydrogen-bond acceptors (Lipinski definition) is 6. The summed E-state index contributed by atoms with van der Waals surface area (Å²) in [6.07, 6.45) is 2.34. The van der Waals surface area contributed by atoms with Gasteiger partial charge in [-0.2, -0.15) is 11.3 Å². The van der Waals surface area contributed by atoms with Crippen LogP contribution in [-0.4, -0.2) is 48.1 Å². The van der Waals surface area contributed by atoms with E-state index in [0.29, 0.717) is 51.2 Å². The monoisotopic (exact) mass is 418 g/mol. The summed E-state index contributed by atoms with van der Waals surface area (Å²) in [6, 6.07) is 3.37. The van der Waals surface area contributed by atoms with Crippen LogP contribution < -0.4 is 10.3 Å². The number of nitrogens with zero attached hydrogens (tertiary/aromatic N) is 2. The maximum atomic E-state index is 12.7. The van der Waals surface area contributed by atoms with Crippen LogP contribution in [0.4, 0.5) is 0 Å². The summed E-state index contributed by atoms with van der Waals surface area (Å²) < 4.78 is 12.4. The molecule has 2 aromatic heterocycles. The van der Waals surface area contributed by atoms with Crippen molar-refractivity contribution in [3.8, 4) is 5.75 Å². The lowest BCUT2D eigenvalue weighted by molar-refractivity contribution is -0.131. The Morgan fingerprint density at radius 2 is 2.07 bits per heavy atom. The molecule has 156 valence electrons. The van der Waals surface area contributed by atoms with Gasteiger partial charge in [-0.05, 0) is 28.8 Å². The quantitative estimate of drug-likeness (QED) is 0.646. The molecule has 2 aromatic rings. The molecule has 0 N–H and O–H groups in total. The van der Waals surface area contributed by atoms with Crippen LogP contribution >= 0.6 is 11.3 Å². The minimum atomic E-state index is -0.535. The van der Waals surface area contributed by atoms with E-state index in [1.165, 1.54) is 13.2 Å². The zero-order valence-corrected chi connectivity index (χ0v) is 17.6. The summed E-state index contributed by atoms with van der Waals surface area (Å²) >= 11 is 1.61. The van der Waals surface area contributed by atoms with E-state index < -0.39 is 5.97 Å². The summed E-state index contributed by atoms with van der Waals surface area (Å²) in [6.45, 7) is 3.57. The molecule has 3 heterocycles. The minimum Gasteiger partial charge on any atom is -0.492 e. The first-order valence-corrected chi connectivity index (χ1v) is 10.8. The number of amides is 1. The normalized spacial score (nSPS) is 13.5. The lowest BCUT2D eigenvalue weighted by Crippen LogP contribution is -2.34. The predicted octanol–water partition coefficient (Wildman–Crippen LogP) is 2.50. The lowest BCUT2D eigenvalue weighted by Gasteiger charge is -2.19. The Balaban J connectivity index is 1.88. The molecule has 0 atom stereocenters. The summed E-state index contributed by atoms with van der Waals surface area (Å²) in [5, 5.41) is 4.04. The van der Waals surface area contributed by atoms with Crippen molar-refractivity contribution >= 4 is 23.2 Å². The number of methoxy groups -OCH3 is 1. The van der Waals surface area contributed by atoms with Gasteiger partial charge in [0.1, 0.15) is 11.3 Å². The fourth-order valence-electron chi connectivity index (χ4n) is 3.52. The van der Waals surface area contributed by atoms with Crippen LogP contribution in [-0.2, 0) is 28.9 Å². The number of fused-ring (bicyclic) bond motifs is 1. The van der Waals surface area contributed by atoms with Crippen molar-refractivity contribution in [2.45, 2.75) is 39.2 Å². The SMILES string of the molecule is CCCC(=O)N1CCc2c(C(=O)OC)c(OCCc3ccsc3)cc(=O)n2CC1. The zero-order chi connectivity index (χ0) is 20.8. The van der Waals surface area contributed by atoms with Crippen molar-refractivity contribution < 1.29 is 19.1 Å². The summed E-state index contributed by atoms with van der Waals surface area (Å²) in [5.74, 6) is -0.218. The standard InChI is InChI=1S/C21H26N2O5S/c1-3-4-18(24)22-8-5-16-20(21(26)27-2)17(13-19(25)23(16)10-9-22)28-11-6-15-7-12-29-14-15/h7,12-14H,3-6,8-11H2,1-2H3. The molecule has 1 aliphatic rings. The summed E-state index contributed by atoms with van der Waals surface area (Å²) in [4.78, 5) is 39.3. The third-order valence-electron chi connectivity index (χ3n) is 5.03. The molecule has 0 saturated heterocycles. The fourth-order valence-corrected chi connectivity index (χ4v) is 4.22. The molecule has 0 unspecified atom stereocenters. The van der Waals surface area contributed by atoms with Crippen LogP contribution in [0.3, 0.4) is 0 Å². The molecule has 0 saturated carbocycles. The van der Waals surface area contributed by atoms with Crippen molar-refractivity contribution in [2.75, 3.05) is 26.8 Å². The van der Waals surface area contributed by atoms with E-state index >= 15 is 0 Å². The number of rotatable bonds is 7. The smallest absolute Gasteiger partial charge is 0.343 e. The molecule has 0 fully saturated rings. The molecule has 0 bridgehead atoms. The van der Waals surface area contributed by atoms with Gasteiger partial charge >= 0.3 is 5.97 Å². The molecule has 0 radical (unpaired) electrons. The zero-order valence-electron chi connectivity index (χ0n) is 16.8. The van der Waals surface area contributed by atoms with Gasteiger partial charge in [-0.15, -0.1) is 0 Å². The lowest BCUT2D eigenvalue weighted by atomic mass is 10.1. The van der Waals surface area contributed by atoms with Crippen LogP contribution in [0.25, 0.3) is 0 Å². The summed E-state index contributed by atoms with van der Waals surface area (Å²) in [7, 11) is 1.31. The second-order valence-electron chi connectivity index (χ2n) is 6.92. The van der Waals surface area contributed by atoms with E-state index in [-0.39, 0.29) is 22.8 Å². The van der Waals surface area contributed by atoms with Crippen molar-refractivity contribution in [3.05, 3.63) is 50.1 Å². The molecular weight excluding hydrogens is 392 g/mol. The number of esters is 1. The Bertz CT molecular complexity index is 920. The highest BCUT2D eigenvalue weighted by atomic mass is 32.1. The van der Waals surface area contributed by atoms with Crippen molar-refractivity contribution in [2.24, 2.45) is 0 Å². The highest BCUT2D eigenvalue weighted by molar-refractivity contribution is 7.07. The second-order valence-corrected chi connectivity index (χ2v) is 7.70. The fraction of sp³-hybridized carbons (Fsp3) is 0.476. The van der Waals surface area contributed by atoms with Gasteiger partial charge in [-0.1, -0.05) is 6.92 Å². The third kappa shape index (κ3) is 4.87. The number of thiophene rings is 1. The highest BCUT2D eigenvalue weighted by Crippen LogP contribution is 2.24. The van der Waals surface area contributed by atoms with E-state index in [4.69, 9.17) is 9.47 Å². The van der Waals surface area contributed by atoms with Gasteiger partial charge in [0.2, 0.25) is 5.91 Å². The van der Waals surface area contributed by atoms with E-state index in [9.17, 15) is 14.4 Å². The van der Waals surface area contributed by atoms with E-state index in [1.807, 2.05) is 23.8 Å². The topological polar surface area (TPSA) is 77.8 Å². The Labute approximate surface area is 173 Å². The van der Waals surface area contributed by atoms with E-state index in [0.717, 1.165) is 12.0 Å². The van der Waals surface area contributed by atoms with Gasteiger partial charge in [0.15, 0.2) is 0 Å². The molecule has 0 spiro atoms. The first-order valence-electron chi connectivity index (χ1n) is 9.81. The maximum Gasteiger partial charge on any atom is 0.343 e.